The second kappa shape index (κ2) is 30.4. The zero-order valence-corrected chi connectivity index (χ0v) is 35.8. The number of hydrogen-bond acceptors (Lipinski definition) is 11. The van der Waals surface area contributed by atoms with Crippen molar-refractivity contribution in [2.24, 2.45) is 11.8 Å². The largest absolute Gasteiger partial charge is 0.756 e. The van der Waals surface area contributed by atoms with Crippen LogP contribution in [0.15, 0.2) is 24.3 Å². The Morgan fingerprint density at radius 1 is 0.800 bits per heavy atom. The number of hydrogen-bond donors (Lipinski definition) is 3. The Bertz CT molecular complexity index is 1110. The molecule has 1 aliphatic carbocycles. The molecule has 0 amide bonds. The first-order chi connectivity index (χ1) is 26.2. The highest BCUT2D eigenvalue weighted by Gasteiger charge is 2.39. The van der Waals surface area contributed by atoms with Crippen LogP contribution in [0.1, 0.15) is 149 Å². The summed E-state index contributed by atoms with van der Waals surface area (Å²) < 4.78 is 33.8. The zero-order chi connectivity index (χ0) is 41.0. The van der Waals surface area contributed by atoms with E-state index in [-0.39, 0.29) is 44.3 Å². The van der Waals surface area contributed by atoms with Crippen LogP contribution in [-0.2, 0) is 32.7 Å². The highest BCUT2D eigenvalue weighted by molar-refractivity contribution is 7.45. The molecule has 0 aromatic carbocycles. The Hall–Kier alpha value is -1.63. The number of allylic oxidation sites excluding steroid dienone is 2. The minimum atomic E-state index is -4.69. The van der Waals surface area contributed by atoms with E-state index < -0.39 is 50.8 Å². The lowest BCUT2D eigenvalue weighted by Gasteiger charge is -2.28. The van der Waals surface area contributed by atoms with E-state index in [4.69, 9.17) is 18.5 Å². The molecule has 1 saturated carbocycles. The molecule has 13 heteroatoms. The van der Waals surface area contributed by atoms with E-state index in [1.807, 2.05) is 39.4 Å². The second-order valence-corrected chi connectivity index (χ2v) is 17.7. The van der Waals surface area contributed by atoms with Crippen molar-refractivity contribution in [3.05, 3.63) is 24.3 Å². The molecule has 322 valence electrons. The molecule has 12 nitrogen and oxygen atoms in total. The standard InChI is InChI=1S/C42H78NO11P/c1-6-8-10-11-12-13-14-15-16-17-22-26-41(47)51-33-36(34-53-55(49,50)52-31-30-43(3,4)5)54-42(48)27-23-19-18-21-25-37-38(40(46)32-39(37)45)29-28-35(44)24-20-9-7-2/h18,21,28-29,35-40,44-46H,6-17,19-20,22-27,30-34H2,1-5H3/b21-18+,29-28+/t35-,36+,37+,38+,39-,40+/m0/s1. The Morgan fingerprint density at radius 2 is 1.40 bits per heavy atom. The molecule has 1 unspecified atom stereocenters. The summed E-state index contributed by atoms with van der Waals surface area (Å²) in [6, 6.07) is 0. The maximum absolute atomic E-state index is 12.8. The van der Waals surface area contributed by atoms with Crippen LogP contribution in [0, 0.1) is 11.8 Å². The Labute approximate surface area is 333 Å². The quantitative estimate of drug-likeness (QED) is 0.0196. The summed E-state index contributed by atoms with van der Waals surface area (Å²) >= 11 is 0. The molecule has 0 heterocycles. The van der Waals surface area contributed by atoms with E-state index in [0.29, 0.717) is 43.1 Å². The van der Waals surface area contributed by atoms with Crippen LogP contribution in [0.3, 0.4) is 0 Å². The van der Waals surface area contributed by atoms with Crippen LogP contribution >= 0.6 is 7.82 Å². The minimum absolute atomic E-state index is 0.0502. The molecular weight excluding hydrogens is 725 g/mol. The number of quaternary nitrogens is 1. The molecule has 1 rings (SSSR count). The fraction of sp³-hybridized carbons (Fsp3) is 0.857. The number of esters is 2. The molecule has 55 heavy (non-hydrogen) atoms. The van der Waals surface area contributed by atoms with Gasteiger partial charge in [0.1, 0.15) is 19.8 Å². The van der Waals surface area contributed by atoms with Gasteiger partial charge in [0.25, 0.3) is 7.82 Å². The molecular formula is C42H78NO11P. The predicted molar refractivity (Wildman–Crippen MR) is 215 cm³/mol. The van der Waals surface area contributed by atoms with Gasteiger partial charge in [-0.25, -0.2) is 0 Å². The average molecular weight is 804 g/mol. The number of nitrogens with zero attached hydrogens (tertiary/aromatic N) is 1. The summed E-state index contributed by atoms with van der Waals surface area (Å²) in [5.74, 6) is -1.45. The summed E-state index contributed by atoms with van der Waals surface area (Å²) in [7, 11) is 1.02. The molecule has 0 radical (unpaired) electrons. The molecule has 0 saturated heterocycles. The number of aliphatic hydroxyl groups is 3. The fourth-order valence-corrected chi connectivity index (χ4v) is 7.32. The summed E-state index contributed by atoms with van der Waals surface area (Å²) in [6.07, 6.45) is 23.0. The summed E-state index contributed by atoms with van der Waals surface area (Å²) in [6.45, 7) is 3.82. The number of likely N-dealkylation sites (N-methyl/N-ethyl adjacent to an activating group) is 1. The van der Waals surface area contributed by atoms with Crippen molar-refractivity contribution in [3.8, 4) is 0 Å². The van der Waals surface area contributed by atoms with Crippen LogP contribution in [0.4, 0.5) is 0 Å². The Morgan fingerprint density at radius 3 is 2.04 bits per heavy atom. The number of phosphoric ester groups is 1. The number of unbranched alkanes of at least 4 members (excludes halogenated alkanes) is 13. The summed E-state index contributed by atoms with van der Waals surface area (Å²) in [5.41, 5.74) is 0. The van der Waals surface area contributed by atoms with Crippen molar-refractivity contribution >= 4 is 19.8 Å². The second-order valence-electron chi connectivity index (χ2n) is 16.3. The third-order valence-corrected chi connectivity index (χ3v) is 11.0. The molecule has 3 N–H and O–H groups in total. The smallest absolute Gasteiger partial charge is 0.306 e. The van der Waals surface area contributed by atoms with Crippen molar-refractivity contribution in [2.75, 3.05) is 47.5 Å². The molecule has 1 fully saturated rings. The van der Waals surface area contributed by atoms with Gasteiger partial charge in [0.05, 0.1) is 46.1 Å². The number of rotatable bonds is 34. The predicted octanol–water partition coefficient (Wildman–Crippen LogP) is 7.32. The Balaban J connectivity index is 2.55. The normalized spacial score (nSPS) is 21.3. The van der Waals surface area contributed by atoms with E-state index in [2.05, 4.69) is 13.8 Å². The SMILES string of the molecule is CCCCCCCCCCCCCC(=O)OC[C@H](COP(=O)([O-])OCC[N+](C)(C)C)OC(=O)CCC/C=C/C[C@@H]1[C@@H](/C=C/[C@@H](O)CCCCC)[C@H](O)C[C@@H]1O. The van der Waals surface area contributed by atoms with E-state index in [1.165, 1.54) is 44.9 Å². The van der Waals surface area contributed by atoms with Gasteiger partial charge in [0, 0.05) is 25.2 Å². The van der Waals surface area contributed by atoms with Gasteiger partial charge in [-0.3, -0.25) is 14.2 Å². The minimum Gasteiger partial charge on any atom is -0.756 e. The van der Waals surface area contributed by atoms with Gasteiger partial charge >= 0.3 is 11.9 Å². The first kappa shape index (κ1) is 51.4. The van der Waals surface area contributed by atoms with Gasteiger partial charge in [-0.1, -0.05) is 122 Å². The first-order valence-electron chi connectivity index (χ1n) is 21.3. The maximum atomic E-state index is 12.8. The highest BCUT2D eigenvalue weighted by atomic mass is 31.2. The molecule has 0 aromatic rings. The summed E-state index contributed by atoms with van der Waals surface area (Å²) in [4.78, 5) is 37.6. The van der Waals surface area contributed by atoms with Crippen LogP contribution in [-0.4, -0.2) is 104 Å². The van der Waals surface area contributed by atoms with Gasteiger partial charge in [0.2, 0.25) is 0 Å². The molecule has 0 aliphatic heterocycles. The van der Waals surface area contributed by atoms with Gasteiger partial charge in [-0.2, -0.15) is 0 Å². The van der Waals surface area contributed by atoms with Crippen molar-refractivity contribution in [3.63, 3.8) is 0 Å². The fourth-order valence-electron chi connectivity index (χ4n) is 6.59. The Kier molecular flexibility index (Phi) is 28.4. The molecule has 0 bridgehead atoms. The van der Waals surface area contributed by atoms with Gasteiger partial charge in [-0.15, -0.1) is 0 Å². The zero-order valence-electron chi connectivity index (χ0n) is 35.0. The molecule has 7 atom stereocenters. The monoisotopic (exact) mass is 804 g/mol. The van der Waals surface area contributed by atoms with Crippen LogP contribution in [0.5, 0.6) is 0 Å². The topological polar surface area (TPSA) is 172 Å². The number of carbonyl (C=O) groups is 2. The van der Waals surface area contributed by atoms with E-state index in [1.54, 1.807) is 6.08 Å². The number of carbonyl (C=O) groups excluding carboxylic acids is 2. The van der Waals surface area contributed by atoms with Crippen LogP contribution < -0.4 is 4.89 Å². The molecule has 0 aromatic heterocycles. The molecule has 1 aliphatic rings. The van der Waals surface area contributed by atoms with Crippen LogP contribution in [0.25, 0.3) is 0 Å². The number of ether oxygens (including phenoxy) is 2. The third kappa shape index (κ3) is 27.6. The van der Waals surface area contributed by atoms with Crippen molar-refractivity contribution in [2.45, 2.75) is 173 Å². The van der Waals surface area contributed by atoms with E-state index >= 15 is 0 Å². The summed E-state index contributed by atoms with van der Waals surface area (Å²) in [5, 5.41) is 31.3. The lowest BCUT2D eigenvalue weighted by Crippen LogP contribution is -2.37. The van der Waals surface area contributed by atoms with Gasteiger partial charge in [-0.05, 0) is 38.0 Å². The highest BCUT2D eigenvalue weighted by Crippen LogP contribution is 2.38. The van der Waals surface area contributed by atoms with Crippen molar-refractivity contribution < 1.29 is 57.4 Å². The van der Waals surface area contributed by atoms with Crippen molar-refractivity contribution in [1.82, 2.24) is 0 Å². The van der Waals surface area contributed by atoms with Gasteiger partial charge in [0.15, 0.2) is 6.10 Å². The lowest BCUT2D eigenvalue weighted by atomic mass is 9.89. The van der Waals surface area contributed by atoms with E-state index in [0.717, 1.165) is 38.5 Å². The average Bonchev–Trinajstić information content (AvgIpc) is 3.39. The third-order valence-electron chi connectivity index (χ3n) is 10.0. The molecule has 0 spiro atoms. The van der Waals surface area contributed by atoms with Crippen molar-refractivity contribution in [1.29, 1.82) is 0 Å². The number of phosphoric acid groups is 1. The lowest BCUT2D eigenvalue weighted by molar-refractivity contribution is -0.870. The number of aliphatic hydroxyl groups excluding tert-OH is 3. The van der Waals surface area contributed by atoms with E-state index in [9.17, 15) is 34.4 Å². The van der Waals surface area contributed by atoms with Gasteiger partial charge < -0.3 is 43.2 Å². The van der Waals surface area contributed by atoms with Crippen LogP contribution in [0.2, 0.25) is 0 Å². The first-order valence-corrected chi connectivity index (χ1v) is 22.8. The maximum Gasteiger partial charge on any atom is 0.306 e.